The van der Waals surface area contributed by atoms with Gasteiger partial charge in [-0.2, -0.15) is 0 Å². The van der Waals surface area contributed by atoms with Gasteiger partial charge in [0.1, 0.15) is 5.82 Å². The van der Waals surface area contributed by atoms with Gasteiger partial charge in [0.25, 0.3) is 10.0 Å². The number of fused-ring (bicyclic) bond motifs is 1. The van der Waals surface area contributed by atoms with E-state index in [-0.39, 0.29) is 23.1 Å². The van der Waals surface area contributed by atoms with Crippen LogP contribution in [0.1, 0.15) is 16.7 Å². The summed E-state index contributed by atoms with van der Waals surface area (Å²) >= 11 is 0. The number of nitrogens with one attached hydrogen (secondary N) is 1. The molecular formula is C27H24FNO4S. The minimum absolute atomic E-state index is 0.0790. The molecule has 0 aliphatic carbocycles. The zero-order chi connectivity index (χ0) is 24.5. The van der Waals surface area contributed by atoms with E-state index < -0.39 is 10.0 Å². The van der Waals surface area contributed by atoms with Crippen LogP contribution in [-0.4, -0.2) is 21.5 Å². The fourth-order valence-electron chi connectivity index (χ4n) is 3.95. The molecule has 4 aromatic carbocycles. The van der Waals surface area contributed by atoms with E-state index in [1.54, 1.807) is 30.3 Å². The highest BCUT2D eigenvalue weighted by atomic mass is 32.2. The van der Waals surface area contributed by atoms with Gasteiger partial charge in [-0.1, -0.05) is 42.0 Å². The van der Waals surface area contributed by atoms with Gasteiger partial charge in [0, 0.05) is 5.69 Å². The highest BCUT2D eigenvalue weighted by Crippen LogP contribution is 2.35. The first-order valence-corrected chi connectivity index (χ1v) is 12.1. The van der Waals surface area contributed by atoms with Crippen molar-refractivity contribution in [3.05, 3.63) is 95.3 Å². The number of carbonyl (C=O) groups excluding carboxylic acids is 1. The third-order valence-corrected chi connectivity index (χ3v) is 7.19. The minimum atomic E-state index is -3.78. The van der Waals surface area contributed by atoms with Crippen molar-refractivity contribution in [2.45, 2.75) is 25.2 Å². The number of halogens is 1. The molecule has 0 saturated carbocycles. The average Bonchev–Trinajstić information content (AvgIpc) is 2.81. The third kappa shape index (κ3) is 4.79. The van der Waals surface area contributed by atoms with Crippen LogP contribution in [0.25, 0.3) is 21.9 Å². The molecule has 7 heteroatoms. The van der Waals surface area contributed by atoms with Crippen molar-refractivity contribution < 1.29 is 22.3 Å². The summed E-state index contributed by atoms with van der Waals surface area (Å²) in [6, 6.07) is 19.8. The average molecular weight is 478 g/mol. The summed E-state index contributed by atoms with van der Waals surface area (Å²) in [6.07, 6.45) is 0.0790. The highest BCUT2D eigenvalue weighted by molar-refractivity contribution is 7.92. The van der Waals surface area contributed by atoms with Gasteiger partial charge in [-0.15, -0.1) is 0 Å². The lowest BCUT2D eigenvalue weighted by molar-refractivity contribution is -0.139. The molecule has 0 aliphatic rings. The van der Waals surface area contributed by atoms with E-state index in [1.165, 1.54) is 31.4 Å². The van der Waals surface area contributed by atoms with E-state index in [0.717, 1.165) is 27.6 Å². The summed E-state index contributed by atoms with van der Waals surface area (Å²) in [5.41, 5.74) is 4.53. The quantitative estimate of drug-likeness (QED) is 0.358. The van der Waals surface area contributed by atoms with Crippen LogP contribution in [0.3, 0.4) is 0 Å². The summed E-state index contributed by atoms with van der Waals surface area (Å²) in [6.45, 7) is 3.79. The lowest BCUT2D eigenvalue weighted by Gasteiger charge is -2.16. The van der Waals surface area contributed by atoms with Crippen LogP contribution in [0.15, 0.2) is 77.7 Å². The molecule has 34 heavy (non-hydrogen) atoms. The van der Waals surface area contributed by atoms with Crippen LogP contribution in [0.5, 0.6) is 0 Å². The van der Waals surface area contributed by atoms with Crippen molar-refractivity contribution in [1.29, 1.82) is 0 Å². The Hall–Kier alpha value is -3.71. The number of hydrogen-bond donors (Lipinski definition) is 1. The number of benzene rings is 4. The molecule has 0 atom stereocenters. The predicted molar refractivity (Wildman–Crippen MR) is 132 cm³/mol. The molecule has 0 spiro atoms. The van der Waals surface area contributed by atoms with Gasteiger partial charge in [0.15, 0.2) is 0 Å². The Morgan fingerprint density at radius 1 is 0.941 bits per heavy atom. The number of methoxy groups -OCH3 is 1. The second kappa shape index (κ2) is 9.27. The number of anilines is 1. The molecule has 174 valence electrons. The maximum absolute atomic E-state index is 14.1. The topological polar surface area (TPSA) is 72.5 Å². The summed E-state index contributed by atoms with van der Waals surface area (Å²) in [5.74, 6) is -0.755. The number of ether oxygens (including phenoxy) is 1. The number of rotatable bonds is 6. The fraction of sp³-hybridized carbons (Fsp3) is 0.148. The molecule has 0 heterocycles. The summed E-state index contributed by atoms with van der Waals surface area (Å²) in [7, 11) is -2.45. The number of carbonyl (C=O) groups is 1. The van der Waals surface area contributed by atoms with Gasteiger partial charge in [-0.3, -0.25) is 9.52 Å². The van der Waals surface area contributed by atoms with Crippen LogP contribution < -0.4 is 4.72 Å². The van der Waals surface area contributed by atoms with Crippen LogP contribution in [0.4, 0.5) is 10.1 Å². The van der Waals surface area contributed by atoms with Crippen molar-refractivity contribution in [2.24, 2.45) is 0 Å². The van der Waals surface area contributed by atoms with E-state index in [4.69, 9.17) is 4.74 Å². The first-order valence-electron chi connectivity index (χ1n) is 10.7. The molecule has 0 unspecified atom stereocenters. The zero-order valence-corrected chi connectivity index (χ0v) is 19.9. The standard InChI is InChI=1S/C27H24FNO4S/c1-17-4-10-23(11-5-17)29-34(31,32)24-12-7-19(8-13-24)27-18(2)21(15-26(30)33-3)14-20-6-9-22(28)16-25(20)27/h4-14,16,29H,15H2,1-3H3. The fourth-order valence-corrected chi connectivity index (χ4v) is 5.01. The molecule has 0 aliphatic heterocycles. The Kier molecular flexibility index (Phi) is 6.39. The van der Waals surface area contributed by atoms with E-state index in [0.29, 0.717) is 16.6 Å². The van der Waals surface area contributed by atoms with Crippen LogP contribution in [-0.2, 0) is 26.0 Å². The maximum Gasteiger partial charge on any atom is 0.309 e. The Morgan fingerprint density at radius 2 is 1.62 bits per heavy atom. The van der Waals surface area contributed by atoms with Crippen molar-refractivity contribution in [3.63, 3.8) is 0 Å². The lowest BCUT2D eigenvalue weighted by Crippen LogP contribution is -2.12. The number of esters is 1. The van der Waals surface area contributed by atoms with Crippen molar-refractivity contribution >= 4 is 32.5 Å². The van der Waals surface area contributed by atoms with Crippen molar-refractivity contribution in [3.8, 4) is 11.1 Å². The smallest absolute Gasteiger partial charge is 0.309 e. The normalized spacial score (nSPS) is 11.4. The van der Waals surface area contributed by atoms with Crippen molar-refractivity contribution in [2.75, 3.05) is 11.8 Å². The van der Waals surface area contributed by atoms with Crippen LogP contribution in [0, 0.1) is 19.7 Å². The van der Waals surface area contributed by atoms with Crippen LogP contribution in [0.2, 0.25) is 0 Å². The Balaban J connectivity index is 1.77. The number of aryl methyl sites for hydroxylation is 1. The molecule has 0 amide bonds. The molecule has 5 nitrogen and oxygen atoms in total. The van der Waals surface area contributed by atoms with E-state index in [2.05, 4.69) is 4.72 Å². The molecule has 0 bridgehead atoms. The maximum atomic E-state index is 14.1. The molecular weight excluding hydrogens is 453 g/mol. The van der Waals surface area contributed by atoms with Gasteiger partial charge in [-0.05, 0) is 83.3 Å². The molecule has 4 rings (SSSR count). The van der Waals surface area contributed by atoms with E-state index >= 15 is 0 Å². The van der Waals surface area contributed by atoms with Gasteiger partial charge >= 0.3 is 5.97 Å². The largest absolute Gasteiger partial charge is 0.469 e. The van der Waals surface area contributed by atoms with Gasteiger partial charge in [-0.25, -0.2) is 12.8 Å². The number of sulfonamides is 1. The summed E-state index contributed by atoms with van der Waals surface area (Å²) in [5, 5.41) is 1.46. The summed E-state index contributed by atoms with van der Waals surface area (Å²) in [4.78, 5) is 12.0. The second-order valence-corrected chi connectivity index (χ2v) is 9.83. The number of hydrogen-bond acceptors (Lipinski definition) is 4. The van der Waals surface area contributed by atoms with E-state index in [9.17, 15) is 17.6 Å². The summed E-state index contributed by atoms with van der Waals surface area (Å²) < 4.78 is 47.2. The van der Waals surface area contributed by atoms with Gasteiger partial charge in [0.2, 0.25) is 0 Å². The minimum Gasteiger partial charge on any atom is -0.469 e. The molecule has 0 fully saturated rings. The first kappa shape index (κ1) is 23.4. The van der Waals surface area contributed by atoms with Gasteiger partial charge in [0.05, 0.1) is 18.4 Å². The molecule has 1 N–H and O–H groups in total. The second-order valence-electron chi connectivity index (χ2n) is 8.15. The van der Waals surface area contributed by atoms with Crippen molar-refractivity contribution in [1.82, 2.24) is 0 Å². The zero-order valence-electron chi connectivity index (χ0n) is 19.1. The lowest BCUT2D eigenvalue weighted by atomic mass is 9.89. The molecule has 0 saturated heterocycles. The van der Waals surface area contributed by atoms with E-state index in [1.807, 2.05) is 32.0 Å². The first-order chi connectivity index (χ1) is 16.2. The SMILES string of the molecule is COC(=O)Cc1cc2ccc(F)cc2c(-c2ccc(S(=O)(=O)Nc3ccc(C)cc3)cc2)c1C. The predicted octanol–water partition coefficient (Wildman–Crippen LogP) is 5.78. The van der Waals surface area contributed by atoms with Gasteiger partial charge < -0.3 is 4.74 Å². The molecule has 4 aromatic rings. The Bertz CT molecular complexity index is 1480. The molecule has 0 aromatic heterocycles. The Labute approximate surface area is 198 Å². The monoisotopic (exact) mass is 477 g/mol. The Morgan fingerprint density at radius 3 is 2.26 bits per heavy atom. The highest BCUT2D eigenvalue weighted by Gasteiger charge is 2.18. The molecule has 0 radical (unpaired) electrons. The van der Waals surface area contributed by atoms with Crippen LogP contribution >= 0.6 is 0 Å². The third-order valence-electron chi connectivity index (χ3n) is 5.79.